The van der Waals surface area contributed by atoms with Gasteiger partial charge in [0.1, 0.15) is 11.6 Å². The summed E-state index contributed by atoms with van der Waals surface area (Å²) in [6.07, 6.45) is 2.87. The van der Waals surface area contributed by atoms with Crippen LogP contribution in [-0.4, -0.2) is 28.8 Å². The molecule has 0 bridgehead atoms. The smallest absolute Gasteiger partial charge is 0.323 e. The van der Waals surface area contributed by atoms with E-state index in [1.165, 1.54) is 0 Å². The molecule has 0 saturated heterocycles. The number of hydrogen-bond acceptors (Lipinski definition) is 4. The minimum absolute atomic E-state index is 0.151. The standard InChI is InChI=1S/C12H23NO3/c1-12(2,3)16-11(15)10(13)8-4-6-9(14)7-5-8/h8-10,14H,4-7,13H2,1-3H3. The van der Waals surface area contributed by atoms with Crippen molar-refractivity contribution in [3.8, 4) is 0 Å². The molecule has 1 unspecified atom stereocenters. The van der Waals surface area contributed by atoms with Crippen molar-refractivity contribution in [3.63, 3.8) is 0 Å². The zero-order valence-electron chi connectivity index (χ0n) is 10.4. The van der Waals surface area contributed by atoms with Crippen LogP contribution in [-0.2, 0) is 9.53 Å². The number of esters is 1. The predicted molar refractivity (Wildman–Crippen MR) is 61.8 cm³/mol. The molecule has 0 radical (unpaired) electrons. The average Bonchev–Trinajstić information content (AvgIpc) is 2.15. The fraction of sp³-hybridized carbons (Fsp3) is 0.917. The summed E-state index contributed by atoms with van der Waals surface area (Å²) >= 11 is 0. The molecule has 0 amide bonds. The first-order valence-corrected chi connectivity index (χ1v) is 5.96. The summed E-state index contributed by atoms with van der Waals surface area (Å²) in [6, 6.07) is -0.549. The van der Waals surface area contributed by atoms with Gasteiger partial charge in [0.2, 0.25) is 0 Å². The maximum atomic E-state index is 11.7. The normalized spacial score (nSPS) is 28.6. The highest BCUT2D eigenvalue weighted by molar-refractivity contribution is 5.76. The number of nitrogens with two attached hydrogens (primary N) is 1. The van der Waals surface area contributed by atoms with E-state index < -0.39 is 11.6 Å². The second kappa shape index (κ2) is 5.15. The number of carbonyl (C=O) groups excluding carboxylic acids is 1. The Morgan fingerprint density at radius 2 is 1.81 bits per heavy atom. The summed E-state index contributed by atoms with van der Waals surface area (Å²) < 4.78 is 5.25. The minimum atomic E-state index is -0.549. The summed E-state index contributed by atoms with van der Waals surface area (Å²) in [7, 11) is 0. The average molecular weight is 229 g/mol. The summed E-state index contributed by atoms with van der Waals surface area (Å²) in [6.45, 7) is 5.51. The van der Waals surface area contributed by atoms with Gasteiger partial charge >= 0.3 is 5.97 Å². The van der Waals surface area contributed by atoms with Gasteiger partial charge in [0, 0.05) is 0 Å². The van der Waals surface area contributed by atoms with E-state index in [-0.39, 0.29) is 18.0 Å². The van der Waals surface area contributed by atoms with Crippen LogP contribution in [0.4, 0.5) is 0 Å². The molecule has 16 heavy (non-hydrogen) atoms. The highest BCUT2D eigenvalue weighted by atomic mass is 16.6. The third-order valence-electron chi connectivity index (χ3n) is 2.93. The molecule has 1 aliphatic rings. The SMILES string of the molecule is CC(C)(C)OC(=O)C(N)C1CCC(O)CC1. The molecule has 1 rings (SSSR count). The van der Waals surface area contributed by atoms with Gasteiger partial charge in [-0.15, -0.1) is 0 Å². The van der Waals surface area contributed by atoms with Crippen LogP contribution in [0.25, 0.3) is 0 Å². The van der Waals surface area contributed by atoms with E-state index in [1.807, 2.05) is 20.8 Å². The van der Waals surface area contributed by atoms with E-state index in [4.69, 9.17) is 10.5 Å². The molecule has 0 spiro atoms. The van der Waals surface area contributed by atoms with Gasteiger partial charge in [-0.2, -0.15) is 0 Å². The molecule has 0 aromatic heterocycles. The molecule has 0 aliphatic heterocycles. The summed E-state index contributed by atoms with van der Waals surface area (Å²) in [4.78, 5) is 11.7. The fourth-order valence-corrected chi connectivity index (χ4v) is 2.02. The fourth-order valence-electron chi connectivity index (χ4n) is 2.02. The Hall–Kier alpha value is -0.610. The van der Waals surface area contributed by atoms with E-state index in [9.17, 15) is 9.90 Å². The Morgan fingerprint density at radius 1 is 1.31 bits per heavy atom. The number of aliphatic hydroxyl groups is 1. The number of ether oxygens (including phenoxy) is 1. The minimum Gasteiger partial charge on any atom is -0.459 e. The molecular weight excluding hydrogens is 206 g/mol. The lowest BCUT2D eigenvalue weighted by molar-refractivity contribution is -0.158. The van der Waals surface area contributed by atoms with Gasteiger partial charge in [-0.05, 0) is 52.4 Å². The lowest BCUT2D eigenvalue weighted by atomic mass is 9.83. The van der Waals surface area contributed by atoms with Gasteiger partial charge in [0.25, 0.3) is 0 Å². The molecule has 1 atom stereocenters. The molecular formula is C12H23NO3. The van der Waals surface area contributed by atoms with Gasteiger partial charge < -0.3 is 15.6 Å². The first-order valence-electron chi connectivity index (χ1n) is 5.96. The molecule has 0 aromatic carbocycles. The van der Waals surface area contributed by atoms with Crippen LogP contribution in [0.2, 0.25) is 0 Å². The van der Waals surface area contributed by atoms with Crippen molar-refractivity contribution < 1.29 is 14.6 Å². The van der Waals surface area contributed by atoms with Crippen molar-refractivity contribution in [2.24, 2.45) is 11.7 Å². The van der Waals surface area contributed by atoms with Crippen LogP contribution >= 0.6 is 0 Å². The van der Waals surface area contributed by atoms with Gasteiger partial charge in [-0.25, -0.2) is 0 Å². The van der Waals surface area contributed by atoms with Gasteiger partial charge in [-0.1, -0.05) is 0 Å². The first-order chi connectivity index (χ1) is 7.29. The van der Waals surface area contributed by atoms with Crippen molar-refractivity contribution in [2.45, 2.75) is 64.2 Å². The number of aliphatic hydroxyl groups excluding tert-OH is 1. The number of rotatable bonds is 2. The highest BCUT2D eigenvalue weighted by Crippen LogP contribution is 2.27. The third kappa shape index (κ3) is 4.10. The third-order valence-corrected chi connectivity index (χ3v) is 2.93. The van der Waals surface area contributed by atoms with Crippen molar-refractivity contribution >= 4 is 5.97 Å². The zero-order valence-corrected chi connectivity index (χ0v) is 10.4. The Bertz CT molecular complexity index is 239. The van der Waals surface area contributed by atoms with Crippen molar-refractivity contribution in [1.82, 2.24) is 0 Å². The van der Waals surface area contributed by atoms with Crippen molar-refractivity contribution in [2.75, 3.05) is 0 Å². The summed E-state index contributed by atoms with van der Waals surface area (Å²) in [5, 5.41) is 9.38. The van der Waals surface area contributed by atoms with E-state index >= 15 is 0 Å². The molecule has 94 valence electrons. The molecule has 1 fully saturated rings. The zero-order chi connectivity index (χ0) is 12.3. The highest BCUT2D eigenvalue weighted by Gasteiger charge is 2.31. The van der Waals surface area contributed by atoms with E-state index in [1.54, 1.807) is 0 Å². The molecule has 1 saturated carbocycles. The van der Waals surface area contributed by atoms with Crippen molar-refractivity contribution in [1.29, 1.82) is 0 Å². The topological polar surface area (TPSA) is 72.5 Å². The molecule has 1 aliphatic carbocycles. The first kappa shape index (κ1) is 13.5. The van der Waals surface area contributed by atoms with Crippen molar-refractivity contribution in [3.05, 3.63) is 0 Å². The monoisotopic (exact) mass is 229 g/mol. The van der Waals surface area contributed by atoms with Crippen LogP contribution in [0.5, 0.6) is 0 Å². The van der Waals surface area contributed by atoms with E-state index in [0.717, 1.165) is 25.7 Å². The number of carbonyl (C=O) groups is 1. The molecule has 3 N–H and O–H groups in total. The van der Waals surface area contributed by atoms with Crippen LogP contribution in [0.1, 0.15) is 46.5 Å². The maximum absolute atomic E-state index is 11.7. The van der Waals surface area contributed by atoms with Crippen LogP contribution in [0, 0.1) is 5.92 Å². The molecule has 4 nitrogen and oxygen atoms in total. The summed E-state index contributed by atoms with van der Waals surface area (Å²) in [5.41, 5.74) is 5.41. The van der Waals surface area contributed by atoms with E-state index in [0.29, 0.717) is 0 Å². The quantitative estimate of drug-likeness (QED) is 0.698. The predicted octanol–water partition coefficient (Wildman–Crippen LogP) is 1.21. The van der Waals surface area contributed by atoms with E-state index in [2.05, 4.69) is 0 Å². The van der Waals surface area contributed by atoms with Crippen LogP contribution in [0.15, 0.2) is 0 Å². The number of hydrogen-bond donors (Lipinski definition) is 2. The Balaban J connectivity index is 2.45. The molecule has 0 aromatic rings. The second-order valence-corrected chi connectivity index (χ2v) is 5.63. The largest absolute Gasteiger partial charge is 0.459 e. The van der Waals surface area contributed by atoms with Gasteiger partial charge in [-0.3, -0.25) is 4.79 Å². The second-order valence-electron chi connectivity index (χ2n) is 5.63. The Labute approximate surface area is 97.2 Å². The Morgan fingerprint density at radius 3 is 2.25 bits per heavy atom. The lowest BCUT2D eigenvalue weighted by Crippen LogP contribution is -2.44. The summed E-state index contributed by atoms with van der Waals surface area (Å²) in [5.74, 6) is -0.174. The van der Waals surface area contributed by atoms with Crippen LogP contribution < -0.4 is 5.73 Å². The van der Waals surface area contributed by atoms with Gasteiger partial charge in [0.05, 0.1) is 6.10 Å². The van der Waals surface area contributed by atoms with Gasteiger partial charge in [0.15, 0.2) is 0 Å². The van der Waals surface area contributed by atoms with Crippen LogP contribution in [0.3, 0.4) is 0 Å². The molecule has 0 heterocycles. The Kier molecular flexibility index (Phi) is 4.33. The molecule has 4 heteroatoms. The lowest BCUT2D eigenvalue weighted by Gasteiger charge is -2.30. The maximum Gasteiger partial charge on any atom is 0.323 e.